The lowest BCUT2D eigenvalue weighted by Crippen LogP contribution is -2.55. The van der Waals surface area contributed by atoms with E-state index in [1.165, 1.54) is 12.0 Å². The van der Waals surface area contributed by atoms with Crippen molar-refractivity contribution in [2.24, 2.45) is 11.8 Å². The number of aryl methyl sites for hydroxylation is 1. The van der Waals surface area contributed by atoms with Crippen molar-refractivity contribution in [2.45, 2.75) is 86.8 Å². The first kappa shape index (κ1) is 35.0. The van der Waals surface area contributed by atoms with E-state index in [4.69, 9.17) is 21.1 Å². The van der Waals surface area contributed by atoms with Crippen molar-refractivity contribution in [2.75, 3.05) is 36.6 Å². The first-order valence-corrected chi connectivity index (χ1v) is 21.1. The van der Waals surface area contributed by atoms with Crippen LogP contribution in [0.15, 0.2) is 48.6 Å². The molecule has 3 aliphatic heterocycles. The Morgan fingerprint density at radius 2 is 1.89 bits per heavy atom. The average molecular weight is 719 g/mol. The van der Waals surface area contributed by atoms with Crippen LogP contribution in [0.2, 0.25) is 5.02 Å². The lowest BCUT2D eigenvalue weighted by Gasteiger charge is -2.53. The number of hydrogen-bond acceptors (Lipinski definition) is 8. The monoisotopic (exact) mass is 718 g/mol. The molecule has 0 unspecified atom stereocenters. The van der Waals surface area contributed by atoms with Crippen LogP contribution in [0.1, 0.15) is 79.8 Å². The molecule has 0 radical (unpaired) electrons. The maximum atomic E-state index is 13.5. The minimum Gasteiger partial charge on any atom is -0.487 e. The van der Waals surface area contributed by atoms with Crippen LogP contribution >= 0.6 is 35.1 Å². The molecule has 2 fully saturated rings. The summed E-state index contributed by atoms with van der Waals surface area (Å²) in [7, 11) is -2.03. The molecule has 2 bridgehead atoms. The van der Waals surface area contributed by atoms with E-state index in [-0.39, 0.29) is 4.58 Å². The van der Waals surface area contributed by atoms with Crippen LogP contribution in [0.4, 0.5) is 5.69 Å². The number of carbonyl (C=O) groups is 1. The Kier molecular flexibility index (Phi) is 11.4. The Labute approximate surface area is 294 Å². The molecule has 0 aromatic heterocycles. The Hall–Kier alpha value is -1.85. The van der Waals surface area contributed by atoms with Gasteiger partial charge in [0.25, 0.3) is 5.91 Å². The molecule has 4 atom stereocenters. The van der Waals surface area contributed by atoms with Gasteiger partial charge in [0.2, 0.25) is 10.0 Å². The van der Waals surface area contributed by atoms with Gasteiger partial charge in [-0.3, -0.25) is 4.79 Å². The third kappa shape index (κ3) is 7.67. The molecule has 1 aliphatic carbocycles. The summed E-state index contributed by atoms with van der Waals surface area (Å²) in [6, 6.07) is 11.3. The highest BCUT2D eigenvalue weighted by molar-refractivity contribution is 8.17. The van der Waals surface area contributed by atoms with E-state index in [1.54, 1.807) is 6.07 Å². The van der Waals surface area contributed by atoms with Gasteiger partial charge < -0.3 is 14.4 Å². The molecule has 1 amide bonds. The van der Waals surface area contributed by atoms with Crippen LogP contribution in [0, 0.1) is 11.8 Å². The molecule has 1 saturated heterocycles. The highest BCUT2D eigenvalue weighted by atomic mass is 35.5. The van der Waals surface area contributed by atoms with Crippen LogP contribution in [0.5, 0.6) is 5.75 Å². The molecule has 7 nitrogen and oxygen atoms in total. The summed E-state index contributed by atoms with van der Waals surface area (Å²) in [6.45, 7) is 3.84. The highest BCUT2D eigenvalue weighted by Crippen LogP contribution is 2.53. The number of fused-ring (bicyclic) bond motifs is 3. The number of benzene rings is 2. The number of methoxy groups -OCH3 is 1. The minimum absolute atomic E-state index is 0.282. The summed E-state index contributed by atoms with van der Waals surface area (Å²) in [5, 5.41) is 0.0473. The number of sulfonamides is 1. The van der Waals surface area contributed by atoms with E-state index >= 15 is 0 Å². The number of ether oxygens (including phenoxy) is 2. The second-order valence-electron chi connectivity index (χ2n) is 13.2. The van der Waals surface area contributed by atoms with Crippen molar-refractivity contribution in [1.82, 2.24) is 4.72 Å². The number of nitrogens with one attached hydrogen (secondary N) is 1. The first-order chi connectivity index (χ1) is 22.7. The van der Waals surface area contributed by atoms with Crippen LogP contribution in [0.25, 0.3) is 0 Å². The largest absolute Gasteiger partial charge is 0.487 e. The maximum absolute atomic E-state index is 13.5. The number of amides is 1. The number of hydrogen-bond donors (Lipinski definition) is 1. The van der Waals surface area contributed by atoms with Crippen molar-refractivity contribution in [1.29, 1.82) is 0 Å². The van der Waals surface area contributed by atoms with Crippen molar-refractivity contribution in [3.05, 3.63) is 70.3 Å². The van der Waals surface area contributed by atoms with Crippen molar-refractivity contribution in [3.8, 4) is 5.75 Å². The molecule has 2 aromatic rings. The van der Waals surface area contributed by atoms with E-state index in [9.17, 15) is 13.2 Å². The Morgan fingerprint density at radius 3 is 2.64 bits per heavy atom. The van der Waals surface area contributed by atoms with E-state index in [2.05, 4.69) is 21.8 Å². The fraction of sp³-hybridized carbons (Fsp3) is 0.583. The minimum atomic E-state index is -3.89. The number of halogens is 1. The van der Waals surface area contributed by atoms with Crippen molar-refractivity contribution < 1.29 is 22.7 Å². The van der Waals surface area contributed by atoms with Crippen LogP contribution in [0.3, 0.4) is 0 Å². The number of anilines is 1. The quantitative estimate of drug-likeness (QED) is 0.321. The van der Waals surface area contributed by atoms with E-state index in [0.29, 0.717) is 49.0 Å². The molecular formula is C36H47ClN2O5S3. The molecule has 0 spiro atoms. The fourth-order valence-electron chi connectivity index (χ4n) is 7.58. The highest BCUT2D eigenvalue weighted by Gasteiger charge is 2.52. The third-order valence-electron chi connectivity index (χ3n) is 10.4. The van der Waals surface area contributed by atoms with E-state index < -0.39 is 26.8 Å². The summed E-state index contributed by atoms with van der Waals surface area (Å²) >= 11 is 10.4. The second kappa shape index (κ2) is 15.4. The zero-order chi connectivity index (χ0) is 33.0. The molecule has 4 aliphatic rings. The summed E-state index contributed by atoms with van der Waals surface area (Å²) < 4.78 is 42.8. The number of carbonyl (C=O) groups excluding carboxylic acids is 1. The van der Waals surface area contributed by atoms with E-state index in [1.807, 2.05) is 67.9 Å². The number of thioether (sulfide) groups is 2. The van der Waals surface area contributed by atoms with Gasteiger partial charge in [-0.2, -0.15) is 0 Å². The summed E-state index contributed by atoms with van der Waals surface area (Å²) in [5.41, 5.74) is 3.00. The first-order valence-electron chi connectivity index (χ1n) is 17.0. The lowest BCUT2D eigenvalue weighted by molar-refractivity contribution is -0.0637. The molecular weight excluding hydrogens is 672 g/mol. The molecule has 11 heteroatoms. The van der Waals surface area contributed by atoms with Gasteiger partial charge in [-0.25, -0.2) is 13.1 Å². The van der Waals surface area contributed by atoms with Crippen LogP contribution in [-0.4, -0.2) is 61.5 Å². The standard InChI is InChI=1S/C36H47ClN2O5S3/c1-3-30-10-4-6-17-36(43-2,35-45-19-8-20-46-35)31-15-12-27(31)23-39-18-7-5-9-25-21-29(37)14-11-28(25)24-44-33-16-13-26(22-32(33)39)34(40)38-47(30,41)42/h6,11,13-14,16-17,21-22,27,30-31,35H,3-5,7-10,12,15,18-20,23-24H2,1-2H3,(H,38,40)/b17-6+/t27-,30+,31+,36-/m0/s1. The molecule has 6 rings (SSSR count). The number of allylic oxidation sites excluding steroid dienone is 1. The number of nitrogens with zero attached hydrogens (tertiary/aromatic N) is 1. The summed E-state index contributed by atoms with van der Waals surface area (Å²) in [4.78, 5) is 15.9. The van der Waals surface area contributed by atoms with Gasteiger partial charge in [-0.05, 0) is 123 Å². The van der Waals surface area contributed by atoms with Crippen molar-refractivity contribution in [3.63, 3.8) is 0 Å². The molecule has 47 heavy (non-hydrogen) atoms. The Morgan fingerprint density at radius 1 is 1.06 bits per heavy atom. The van der Waals surface area contributed by atoms with Gasteiger partial charge in [-0.15, -0.1) is 23.5 Å². The molecule has 1 saturated carbocycles. The fourth-order valence-corrected chi connectivity index (χ4v) is 12.6. The average Bonchev–Trinajstić information content (AvgIpc) is 3.08. The number of rotatable bonds is 3. The molecule has 2 aromatic carbocycles. The second-order valence-corrected chi connectivity index (χ2v) is 18.3. The van der Waals surface area contributed by atoms with Crippen molar-refractivity contribution >= 4 is 56.7 Å². The summed E-state index contributed by atoms with van der Waals surface area (Å²) in [5.74, 6) is 3.05. The molecule has 256 valence electrons. The Bertz CT molecular complexity index is 1560. The van der Waals surface area contributed by atoms with Gasteiger partial charge >= 0.3 is 0 Å². The predicted molar refractivity (Wildman–Crippen MR) is 195 cm³/mol. The van der Waals surface area contributed by atoms with Crippen LogP contribution in [-0.2, 0) is 27.8 Å². The zero-order valence-electron chi connectivity index (χ0n) is 27.4. The third-order valence-corrected chi connectivity index (χ3v) is 15.8. The predicted octanol–water partition coefficient (Wildman–Crippen LogP) is 7.86. The van der Waals surface area contributed by atoms with Gasteiger partial charge in [0, 0.05) is 30.8 Å². The zero-order valence-corrected chi connectivity index (χ0v) is 30.6. The Balaban J connectivity index is 1.42. The molecule has 1 N–H and O–H groups in total. The van der Waals surface area contributed by atoms with Gasteiger partial charge in [0.15, 0.2) is 0 Å². The molecule has 3 heterocycles. The van der Waals surface area contributed by atoms with Gasteiger partial charge in [-0.1, -0.05) is 36.7 Å². The normalized spacial score (nSPS) is 29.6. The van der Waals surface area contributed by atoms with E-state index in [0.717, 1.165) is 73.0 Å². The van der Waals surface area contributed by atoms with Gasteiger partial charge in [0.05, 0.1) is 15.5 Å². The smallest absolute Gasteiger partial charge is 0.264 e. The maximum Gasteiger partial charge on any atom is 0.264 e. The lowest BCUT2D eigenvalue weighted by atomic mass is 9.64. The SMILES string of the molecule is CC[C@@H]1CC/C=C/[C@@](OC)(C2SCCCS2)[C@@H]2CC[C@H]2CN2CCCCc3cc(Cl)ccc3COc3ccc(cc32)C(=O)NS1(=O)=O. The summed E-state index contributed by atoms with van der Waals surface area (Å²) in [6.07, 6.45) is 12.1. The van der Waals surface area contributed by atoms with Gasteiger partial charge in [0.1, 0.15) is 18.0 Å². The topological polar surface area (TPSA) is 84.9 Å². The van der Waals surface area contributed by atoms with Crippen LogP contribution < -0.4 is 14.4 Å².